The molecule has 132 valence electrons. The van der Waals surface area contributed by atoms with Crippen LogP contribution in [-0.2, 0) is 11.3 Å². The van der Waals surface area contributed by atoms with Gasteiger partial charge in [0.2, 0.25) is 0 Å². The second-order valence-electron chi connectivity index (χ2n) is 6.45. The average molecular weight is 339 g/mol. The molecule has 1 fully saturated rings. The Bertz CT molecular complexity index is 682. The lowest BCUT2D eigenvalue weighted by Gasteiger charge is -2.33. The molecule has 1 aliphatic heterocycles. The zero-order chi connectivity index (χ0) is 17.5. The van der Waals surface area contributed by atoms with Gasteiger partial charge in [0.25, 0.3) is 5.91 Å². The number of anilines is 1. The number of nitrogens with zero attached hydrogens (tertiary/aromatic N) is 2. The van der Waals surface area contributed by atoms with E-state index in [1.165, 1.54) is 0 Å². The number of hydrogen-bond donors (Lipinski definition) is 1. The fourth-order valence-electron chi connectivity index (χ4n) is 3.20. The van der Waals surface area contributed by atoms with Crippen LogP contribution < -0.4 is 10.2 Å². The summed E-state index contributed by atoms with van der Waals surface area (Å²) in [6.07, 6.45) is 3.95. The van der Waals surface area contributed by atoms with Gasteiger partial charge in [0, 0.05) is 45.2 Å². The lowest BCUT2D eigenvalue weighted by molar-refractivity contribution is 0.0946. The highest BCUT2D eigenvalue weighted by atomic mass is 16.5. The number of ether oxygens (including phenoxy) is 1. The zero-order valence-corrected chi connectivity index (χ0v) is 14.6. The molecule has 0 bridgehead atoms. The molecule has 0 saturated carbocycles. The molecular formula is C20H25N3O2. The molecule has 1 N–H and O–H groups in total. The Morgan fingerprint density at radius 1 is 1.24 bits per heavy atom. The second kappa shape index (κ2) is 8.62. The summed E-state index contributed by atoms with van der Waals surface area (Å²) in [7, 11) is 1.76. The summed E-state index contributed by atoms with van der Waals surface area (Å²) < 4.78 is 5.25. The van der Waals surface area contributed by atoms with Gasteiger partial charge in [-0.1, -0.05) is 30.3 Å². The third kappa shape index (κ3) is 4.79. The predicted molar refractivity (Wildman–Crippen MR) is 98.7 cm³/mol. The highest BCUT2D eigenvalue weighted by Gasteiger charge is 2.20. The van der Waals surface area contributed by atoms with E-state index < -0.39 is 0 Å². The molecule has 5 nitrogen and oxygen atoms in total. The maximum atomic E-state index is 12.4. The van der Waals surface area contributed by atoms with Crippen LogP contribution >= 0.6 is 0 Å². The first-order chi connectivity index (χ1) is 12.3. The van der Waals surface area contributed by atoms with Crippen LogP contribution in [0.15, 0.2) is 48.7 Å². The van der Waals surface area contributed by atoms with Crippen LogP contribution in [0.2, 0.25) is 0 Å². The lowest BCUT2D eigenvalue weighted by atomic mass is 9.97. The Morgan fingerprint density at radius 3 is 2.72 bits per heavy atom. The first-order valence-corrected chi connectivity index (χ1v) is 8.78. The number of methoxy groups -OCH3 is 1. The predicted octanol–water partition coefficient (Wildman–Crippen LogP) is 2.87. The fourth-order valence-corrected chi connectivity index (χ4v) is 3.20. The molecule has 5 heteroatoms. The number of benzene rings is 1. The minimum Gasteiger partial charge on any atom is -0.384 e. The SMILES string of the molecule is COCC1CCN(c2ccnc(C(=O)NCc3ccccc3)c2)CC1. The van der Waals surface area contributed by atoms with Crippen molar-refractivity contribution in [2.24, 2.45) is 5.92 Å². The molecule has 1 aliphatic rings. The van der Waals surface area contributed by atoms with Crippen LogP contribution in [0.25, 0.3) is 0 Å². The van der Waals surface area contributed by atoms with Gasteiger partial charge in [-0.2, -0.15) is 0 Å². The van der Waals surface area contributed by atoms with Crippen LogP contribution in [0, 0.1) is 5.92 Å². The Balaban J connectivity index is 1.58. The first-order valence-electron chi connectivity index (χ1n) is 8.78. The molecule has 2 heterocycles. The zero-order valence-electron chi connectivity index (χ0n) is 14.6. The Kier molecular flexibility index (Phi) is 6.01. The standard InChI is InChI=1S/C20H25N3O2/c1-25-15-17-8-11-23(12-9-17)18-7-10-21-19(13-18)20(24)22-14-16-5-3-2-4-6-16/h2-7,10,13,17H,8-9,11-12,14-15H2,1H3,(H,22,24). The second-order valence-corrected chi connectivity index (χ2v) is 6.45. The van der Waals surface area contributed by atoms with Gasteiger partial charge in [0.15, 0.2) is 0 Å². The van der Waals surface area contributed by atoms with Crippen LogP contribution in [0.3, 0.4) is 0 Å². The van der Waals surface area contributed by atoms with Gasteiger partial charge in [0.1, 0.15) is 5.69 Å². The van der Waals surface area contributed by atoms with E-state index >= 15 is 0 Å². The van der Waals surface area contributed by atoms with Crippen LogP contribution in [-0.4, -0.2) is 37.7 Å². The molecule has 0 radical (unpaired) electrons. The highest BCUT2D eigenvalue weighted by Crippen LogP contribution is 2.23. The van der Waals surface area contributed by atoms with Crippen molar-refractivity contribution in [2.75, 3.05) is 31.7 Å². The molecule has 0 aliphatic carbocycles. The summed E-state index contributed by atoms with van der Waals surface area (Å²) in [5.41, 5.74) is 2.61. The number of rotatable bonds is 6. The largest absolute Gasteiger partial charge is 0.384 e. The number of aromatic nitrogens is 1. The normalized spacial score (nSPS) is 15.2. The molecule has 1 saturated heterocycles. The van der Waals surface area contributed by atoms with Crippen molar-refractivity contribution in [3.8, 4) is 0 Å². The molecule has 1 aromatic carbocycles. The summed E-state index contributed by atoms with van der Waals surface area (Å²) >= 11 is 0. The maximum absolute atomic E-state index is 12.4. The monoisotopic (exact) mass is 339 g/mol. The molecule has 0 atom stereocenters. The fraction of sp³-hybridized carbons (Fsp3) is 0.400. The van der Waals surface area contributed by atoms with Crippen molar-refractivity contribution in [1.29, 1.82) is 0 Å². The van der Waals surface area contributed by atoms with E-state index in [2.05, 4.69) is 15.2 Å². The van der Waals surface area contributed by atoms with E-state index in [0.29, 0.717) is 18.2 Å². The quantitative estimate of drug-likeness (QED) is 0.879. The van der Waals surface area contributed by atoms with E-state index in [4.69, 9.17) is 4.74 Å². The Labute approximate surface area is 149 Å². The summed E-state index contributed by atoms with van der Waals surface area (Å²) in [6.45, 7) is 3.32. The van der Waals surface area contributed by atoms with E-state index in [9.17, 15) is 4.79 Å². The van der Waals surface area contributed by atoms with E-state index in [-0.39, 0.29) is 5.91 Å². The topological polar surface area (TPSA) is 54.5 Å². The van der Waals surface area contributed by atoms with E-state index in [0.717, 1.165) is 43.8 Å². The van der Waals surface area contributed by atoms with E-state index in [1.54, 1.807) is 13.3 Å². The lowest BCUT2D eigenvalue weighted by Crippen LogP contribution is -2.35. The number of nitrogens with one attached hydrogen (secondary N) is 1. The number of carbonyl (C=O) groups excluding carboxylic acids is 1. The third-order valence-corrected chi connectivity index (χ3v) is 4.65. The molecule has 3 rings (SSSR count). The molecule has 2 aromatic rings. The maximum Gasteiger partial charge on any atom is 0.270 e. The van der Waals surface area contributed by atoms with Crippen molar-refractivity contribution in [1.82, 2.24) is 10.3 Å². The number of carbonyl (C=O) groups is 1. The van der Waals surface area contributed by atoms with Gasteiger partial charge in [-0.05, 0) is 36.5 Å². The molecule has 1 amide bonds. The van der Waals surface area contributed by atoms with Crippen LogP contribution in [0.1, 0.15) is 28.9 Å². The third-order valence-electron chi connectivity index (χ3n) is 4.65. The van der Waals surface area contributed by atoms with Gasteiger partial charge < -0.3 is 15.0 Å². The smallest absolute Gasteiger partial charge is 0.270 e. The summed E-state index contributed by atoms with van der Waals surface area (Å²) in [5.74, 6) is 0.497. The summed E-state index contributed by atoms with van der Waals surface area (Å²) in [6, 6.07) is 13.7. The Morgan fingerprint density at radius 2 is 2.00 bits per heavy atom. The van der Waals surface area contributed by atoms with Crippen molar-refractivity contribution >= 4 is 11.6 Å². The minimum atomic E-state index is -0.139. The van der Waals surface area contributed by atoms with Crippen molar-refractivity contribution in [3.05, 3.63) is 59.9 Å². The number of pyridine rings is 1. The van der Waals surface area contributed by atoms with Gasteiger partial charge in [-0.25, -0.2) is 0 Å². The minimum absolute atomic E-state index is 0.139. The molecule has 25 heavy (non-hydrogen) atoms. The molecular weight excluding hydrogens is 314 g/mol. The number of hydrogen-bond acceptors (Lipinski definition) is 4. The molecule has 1 aromatic heterocycles. The Hall–Kier alpha value is -2.40. The van der Waals surface area contributed by atoms with Gasteiger partial charge >= 0.3 is 0 Å². The average Bonchev–Trinajstić information content (AvgIpc) is 2.68. The molecule has 0 spiro atoms. The van der Waals surface area contributed by atoms with Crippen molar-refractivity contribution in [3.63, 3.8) is 0 Å². The van der Waals surface area contributed by atoms with Gasteiger partial charge in [-0.15, -0.1) is 0 Å². The molecule has 0 unspecified atom stereocenters. The van der Waals surface area contributed by atoms with Crippen molar-refractivity contribution in [2.45, 2.75) is 19.4 Å². The van der Waals surface area contributed by atoms with Crippen LogP contribution in [0.5, 0.6) is 0 Å². The summed E-state index contributed by atoms with van der Waals surface area (Å²) in [4.78, 5) is 18.9. The first kappa shape index (κ1) is 17.4. The van der Waals surface area contributed by atoms with Gasteiger partial charge in [0.05, 0.1) is 0 Å². The summed E-state index contributed by atoms with van der Waals surface area (Å²) in [5, 5.41) is 2.93. The number of piperidine rings is 1. The van der Waals surface area contributed by atoms with Gasteiger partial charge in [-0.3, -0.25) is 9.78 Å². The van der Waals surface area contributed by atoms with Crippen molar-refractivity contribution < 1.29 is 9.53 Å². The highest BCUT2D eigenvalue weighted by molar-refractivity contribution is 5.93. The van der Waals surface area contributed by atoms with Crippen LogP contribution in [0.4, 0.5) is 5.69 Å². The van der Waals surface area contributed by atoms with E-state index in [1.807, 2.05) is 42.5 Å². The number of amides is 1.